The van der Waals surface area contributed by atoms with Crippen LogP contribution in [0.2, 0.25) is 0 Å². The van der Waals surface area contributed by atoms with E-state index in [1.807, 2.05) is 0 Å². The van der Waals surface area contributed by atoms with Gasteiger partial charge >= 0.3 is 0 Å². The highest BCUT2D eigenvalue weighted by Gasteiger charge is 2.43. The Morgan fingerprint density at radius 1 is 0.254 bits per heavy atom. The second-order valence-electron chi connectivity index (χ2n) is 22.6. The minimum atomic E-state index is -0.204. The lowest BCUT2D eigenvalue weighted by Crippen LogP contribution is -2.54. The molecule has 71 heavy (non-hydrogen) atoms. The van der Waals surface area contributed by atoms with Crippen LogP contribution in [0.5, 0.6) is 0 Å². The van der Waals surface area contributed by atoms with E-state index in [4.69, 9.17) is 0 Å². The quantitative estimate of drug-likeness (QED) is 0.150. The molecule has 0 unspecified atom stereocenters. The Hall–Kier alpha value is -4.82. The summed E-state index contributed by atoms with van der Waals surface area (Å²) in [5.74, 6) is 0. The average Bonchev–Trinajstić information content (AvgIpc) is 3.60. The molecule has 9 rings (SSSR count). The number of hydrogen-bond donors (Lipinski definition) is 0. The predicted octanol–water partition coefficient (Wildman–Crippen LogP) is -23.0. The summed E-state index contributed by atoms with van der Waals surface area (Å²) >= 11 is 0. The molecule has 1 nitrogen and oxygen atoms in total. The third-order valence-corrected chi connectivity index (χ3v) is 19.2. The van der Waals surface area contributed by atoms with Gasteiger partial charge < -0.3 is 4.90 Å². The maximum atomic E-state index is 2.79. The molecule has 0 amide bonds. The Morgan fingerprint density at radius 2 is 0.563 bits per heavy atom. The molecule has 0 bridgehead atoms. The molecule has 0 aliphatic heterocycles. The monoisotopic (exact) mass is 892 g/mol. The summed E-state index contributed by atoms with van der Waals surface area (Å²) in [4.78, 5) is 2.79. The third kappa shape index (κ3) is 7.12. The van der Waals surface area contributed by atoms with E-state index in [2.05, 4.69) is 244 Å². The lowest BCUT2D eigenvalue weighted by atomic mass is 9.57. The number of nitrogens with zero attached hydrogens (tertiary/aromatic N) is 1. The normalized spacial score (nSPS) is 12.5. The SMILES string of the molecule is Bc1c(B)c(B)c(N(c2c(B)c(B)c(-c3c(B)c(B)c(B)c4c(B)c(B)c(B)c(-c5ccccc5)c34)c(B)c2B)c2c(B)c(B)c3c(c2B)C(C)(C)c2c(B)c(B)c(B)c(B)c2-3)c(-c2ccccc2)c1B. The zero-order valence-corrected chi connectivity index (χ0v) is 47.7. The topological polar surface area (TPSA) is 3.24 Å². The zero-order chi connectivity index (χ0) is 51.9. The summed E-state index contributed by atoms with van der Waals surface area (Å²) in [5, 5.41) is 2.79. The Kier molecular flexibility index (Phi) is 12.9. The summed E-state index contributed by atoms with van der Waals surface area (Å²) in [6.45, 7) is 5.00. The first-order valence-corrected chi connectivity index (χ1v) is 26.2. The number of rotatable bonds is 6. The van der Waals surface area contributed by atoms with E-state index in [-0.39, 0.29) is 5.41 Å². The van der Waals surface area contributed by atoms with E-state index in [9.17, 15) is 0 Å². The molecule has 0 fully saturated rings. The van der Waals surface area contributed by atoms with E-state index < -0.39 is 0 Å². The Balaban J connectivity index is 1.49. The van der Waals surface area contributed by atoms with Crippen LogP contribution < -0.4 is 120 Å². The molecule has 22 heteroatoms. The smallest absolute Gasteiger partial charge is 0.142 e. The van der Waals surface area contributed by atoms with Gasteiger partial charge in [-0.3, -0.25) is 0 Å². The maximum absolute atomic E-state index is 2.79. The van der Waals surface area contributed by atoms with Crippen molar-refractivity contribution in [3.8, 4) is 44.5 Å². The Morgan fingerprint density at radius 3 is 1.04 bits per heavy atom. The fourth-order valence-corrected chi connectivity index (χ4v) is 14.0. The van der Waals surface area contributed by atoms with Crippen molar-refractivity contribution in [1.82, 2.24) is 0 Å². The van der Waals surface area contributed by atoms with E-state index in [0.717, 1.165) is 0 Å². The average molecular weight is 888 g/mol. The van der Waals surface area contributed by atoms with Gasteiger partial charge in [-0.05, 0) is 66.4 Å². The summed E-state index contributed by atoms with van der Waals surface area (Å²) in [7, 11) is 50.0. The van der Waals surface area contributed by atoms with E-state index in [1.54, 1.807) is 0 Å². The molecule has 1 aliphatic rings. The van der Waals surface area contributed by atoms with E-state index in [1.165, 1.54) is 198 Å². The van der Waals surface area contributed by atoms with Crippen molar-refractivity contribution < 1.29 is 0 Å². The van der Waals surface area contributed by atoms with E-state index >= 15 is 0 Å². The van der Waals surface area contributed by atoms with Crippen molar-refractivity contribution in [3.63, 3.8) is 0 Å². The van der Waals surface area contributed by atoms with Crippen molar-refractivity contribution in [3.05, 3.63) is 71.8 Å². The Bertz CT molecular complexity index is 3650. The van der Waals surface area contributed by atoms with Crippen molar-refractivity contribution >= 4 is 307 Å². The molecule has 322 valence electrons. The molecule has 0 radical (unpaired) electrons. The standard InChI is InChI=1S/C49H58B21N/c1-49(2)23-19(28(53)39(64)40(65)34(23)59)20-24(49)35(60)47(42(67)29(20)54)71(46-16(14-11-7-4-8-12-14)26(51)38(63)41(66)45(46)70)48-43(68)32(57)22(33(58)44(48)69)18-17-15(13-9-5-3-6-10-13)25(50)36(61)30(55)21(17)31(56)37(62)27(18)52/h3-12H,50-70H2,1-2H3. The molecule has 0 aromatic heterocycles. The minimum Gasteiger partial charge on any atom is -0.313 e. The molecule has 8 aromatic rings. The van der Waals surface area contributed by atoms with Crippen LogP contribution >= 0.6 is 0 Å². The molecular weight excluding hydrogens is 830 g/mol. The van der Waals surface area contributed by atoms with Gasteiger partial charge in [0, 0.05) is 22.5 Å². The number of hydrogen-bond acceptors (Lipinski definition) is 1. The van der Waals surface area contributed by atoms with Crippen LogP contribution in [0.15, 0.2) is 60.7 Å². The lowest BCUT2D eigenvalue weighted by molar-refractivity contribution is 0.669. The summed E-state index contributed by atoms with van der Waals surface area (Å²) < 4.78 is 0. The van der Waals surface area contributed by atoms with Crippen molar-refractivity contribution in [2.45, 2.75) is 19.3 Å². The van der Waals surface area contributed by atoms with E-state index in [0.29, 0.717) is 0 Å². The molecule has 0 saturated heterocycles. The van der Waals surface area contributed by atoms with Crippen molar-refractivity contribution in [2.75, 3.05) is 4.90 Å². The first-order chi connectivity index (χ1) is 33.3. The van der Waals surface area contributed by atoms with Gasteiger partial charge in [0.25, 0.3) is 0 Å². The van der Waals surface area contributed by atoms with Crippen molar-refractivity contribution in [1.29, 1.82) is 0 Å². The highest BCUT2D eigenvalue weighted by molar-refractivity contribution is 6.72. The maximum Gasteiger partial charge on any atom is 0.142 e. The highest BCUT2D eigenvalue weighted by atomic mass is 15.2. The molecular formula is C49H58B21N. The lowest BCUT2D eigenvalue weighted by Gasteiger charge is -2.40. The third-order valence-electron chi connectivity index (χ3n) is 19.2. The largest absolute Gasteiger partial charge is 0.313 e. The van der Waals surface area contributed by atoms with Crippen LogP contribution in [0.25, 0.3) is 55.3 Å². The number of fused-ring (bicyclic) bond motifs is 4. The fraction of sp³-hybridized carbons (Fsp3) is 0.0612. The van der Waals surface area contributed by atoms with Gasteiger partial charge in [-0.1, -0.05) is 162 Å². The molecule has 0 spiro atoms. The summed E-state index contributed by atoms with van der Waals surface area (Å²) in [6.07, 6.45) is 0. The minimum absolute atomic E-state index is 0.204. The zero-order valence-electron chi connectivity index (χ0n) is 47.7. The van der Waals surface area contributed by atoms with Crippen LogP contribution in [0.4, 0.5) is 17.1 Å². The van der Waals surface area contributed by atoms with Crippen LogP contribution in [0.3, 0.4) is 0 Å². The second-order valence-corrected chi connectivity index (χ2v) is 22.6. The van der Waals surface area contributed by atoms with Gasteiger partial charge in [0.1, 0.15) is 165 Å². The van der Waals surface area contributed by atoms with Gasteiger partial charge in [-0.25, -0.2) is 0 Å². The van der Waals surface area contributed by atoms with Crippen LogP contribution in [0, 0.1) is 0 Å². The Labute approximate surface area is 444 Å². The highest BCUT2D eigenvalue weighted by Crippen LogP contribution is 2.46. The van der Waals surface area contributed by atoms with Crippen LogP contribution in [-0.4, -0.2) is 165 Å². The molecule has 0 saturated carbocycles. The molecule has 0 atom stereocenters. The van der Waals surface area contributed by atoms with Gasteiger partial charge in [-0.15, -0.1) is 27.3 Å². The first-order valence-electron chi connectivity index (χ1n) is 26.2. The van der Waals surface area contributed by atoms with Gasteiger partial charge in [0.2, 0.25) is 0 Å². The first kappa shape index (κ1) is 51.1. The second kappa shape index (κ2) is 18.0. The molecule has 1 aliphatic carbocycles. The summed E-state index contributed by atoms with van der Waals surface area (Å²) in [5.41, 5.74) is 46.3. The van der Waals surface area contributed by atoms with Crippen molar-refractivity contribution in [2.24, 2.45) is 0 Å². The fourth-order valence-electron chi connectivity index (χ4n) is 14.0. The number of anilines is 3. The van der Waals surface area contributed by atoms with Crippen LogP contribution in [0.1, 0.15) is 25.0 Å². The van der Waals surface area contributed by atoms with Crippen LogP contribution in [-0.2, 0) is 5.41 Å². The molecule has 0 heterocycles. The summed E-state index contributed by atoms with van der Waals surface area (Å²) in [6, 6.07) is 22.4. The number of benzene rings is 8. The molecule has 8 aromatic carbocycles. The van der Waals surface area contributed by atoms with Gasteiger partial charge in [-0.2, -0.15) is 0 Å². The van der Waals surface area contributed by atoms with Gasteiger partial charge in [0.15, 0.2) is 0 Å². The van der Waals surface area contributed by atoms with Gasteiger partial charge in [0.05, 0.1) is 0 Å². The molecule has 0 N–H and O–H groups in total. The predicted molar refractivity (Wildman–Crippen MR) is 384 cm³/mol.